The third kappa shape index (κ3) is 1.94. The average Bonchev–Trinajstić information content (AvgIpc) is 2.06. The van der Waals surface area contributed by atoms with Crippen LogP contribution in [0.2, 0.25) is 0 Å². The van der Waals surface area contributed by atoms with Gasteiger partial charge in [-0.3, -0.25) is 0 Å². The molecule has 0 aliphatic rings. The Balaban J connectivity index is 3.03. The molecule has 0 heterocycles. The largest absolute Gasteiger partial charge is 0.192 e. The summed E-state index contributed by atoms with van der Waals surface area (Å²) in [7, 11) is 0. The van der Waals surface area contributed by atoms with Gasteiger partial charge in [0.25, 0.3) is 0 Å². The van der Waals surface area contributed by atoms with Gasteiger partial charge in [-0.1, -0.05) is 24.3 Å². The van der Waals surface area contributed by atoms with Gasteiger partial charge in [0.1, 0.15) is 0 Å². The van der Waals surface area contributed by atoms with Gasteiger partial charge in [-0.15, -0.1) is 0 Å². The molecule has 0 bridgehead atoms. The van der Waals surface area contributed by atoms with Gasteiger partial charge >= 0.3 is 0 Å². The van der Waals surface area contributed by atoms with Crippen molar-refractivity contribution in [2.45, 2.75) is 6.92 Å². The highest BCUT2D eigenvalue weighted by Gasteiger charge is 1.88. The Morgan fingerprint density at radius 2 is 2.27 bits per heavy atom. The SMILES string of the molecule is C/C=C/c1cccc(C#N)c1. The normalized spacial score (nSPS) is 9.82. The lowest BCUT2D eigenvalue weighted by molar-refractivity contribution is 1.48. The van der Waals surface area contributed by atoms with E-state index in [9.17, 15) is 0 Å². The first-order valence-electron chi connectivity index (χ1n) is 3.49. The Morgan fingerprint density at radius 3 is 2.91 bits per heavy atom. The molecule has 0 aromatic heterocycles. The highest BCUT2D eigenvalue weighted by atomic mass is 14.2. The molecule has 0 saturated carbocycles. The van der Waals surface area contributed by atoms with Crippen molar-refractivity contribution < 1.29 is 0 Å². The lowest BCUT2D eigenvalue weighted by Gasteiger charge is -1.91. The van der Waals surface area contributed by atoms with E-state index in [2.05, 4.69) is 6.07 Å². The average molecular weight is 143 g/mol. The molecule has 0 spiro atoms. The minimum Gasteiger partial charge on any atom is -0.192 e. The fraction of sp³-hybridized carbons (Fsp3) is 0.100. The highest BCUT2D eigenvalue weighted by molar-refractivity contribution is 5.51. The first kappa shape index (κ1) is 7.56. The van der Waals surface area contributed by atoms with Crippen LogP contribution in [0.4, 0.5) is 0 Å². The summed E-state index contributed by atoms with van der Waals surface area (Å²) in [5.74, 6) is 0. The van der Waals surface area contributed by atoms with Crippen molar-refractivity contribution in [3.63, 3.8) is 0 Å². The van der Waals surface area contributed by atoms with Crippen LogP contribution in [0.5, 0.6) is 0 Å². The van der Waals surface area contributed by atoms with Crippen molar-refractivity contribution in [1.29, 1.82) is 5.26 Å². The third-order valence-corrected chi connectivity index (χ3v) is 1.37. The molecule has 11 heavy (non-hydrogen) atoms. The van der Waals surface area contributed by atoms with Crippen LogP contribution in [0.3, 0.4) is 0 Å². The molecule has 0 aliphatic carbocycles. The van der Waals surface area contributed by atoms with Crippen LogP contribution in [0, 0.1) is 11.3 Å². The lowest BCUT2D eigenvalue weighted by Crippen LogP contribution is -1.74. The van der Waals surface area contributed by atoms with E-state index in [1.54, 1.807) is 6.07 Å². The van der Waals surface area contributed by atoms with Crippen LogP contribution in [-0.4, -0.2) is 0 Å². The van der Waals surface area contributed by atoms with Crippen molar-refractivity contribution in [2.75, 3.05) is 0 Å². The molecule has 0 saturated heterocycles. The molecule has 1 heteroatoms. The summed E-state index contributed by atoms with van der Waals surface area (Å²) in [6.07, 6.45) is 3.93. The molecule has 0 aliphatic heterocycles. The summed E-state index contributed by atoms with van der Waals surface area (Å²) in [5, 5.41) is 8.56. The fourth-order valence-corrected chi connectivity index (χ4v) is 0.904. The molecule has 0 unspecified atom stereocenters. The molecule has 1 nitrogen and oxygen atoms in total. The molecule has 54 valence electrons. The lowest BCUT2D eigenvalue weighted by atomic mass is 10.1. The van der Waals surface area contributed by atoms with E-state index in [0.717, 1.165) is 5.56 Å². The van der Waals surface area contributed by atoms with E-state index in [4.69, 9.17) is 5.26 Å². The van der Waals surface area contributed by atoms with Crippen LogP contribution < -0.4 is 0 Å². The van der Waals surface area contributed by atoms with Crippen molar-refractivity contribution in [3.8, 4) is 6.07 Å². The maximum absolute atomic E-state index is 8.56. The summed E-state index contributed by atoms with van der Waals surface area (Å²) in [6, 6.07) is 9.61. The number of rotatable bonds is 1. The summed E-state index contributed by atoms with van der Waals surface area (Å²) in [6.45, 7) is 1.96. The van der Waals surface area contributed by atoms with E-state index >= 15 is 0 Å². The predicted molar refractivity (Wildman–Crippen MR) is 45.9 cm³/mol. The summed E-state index contributed by atoms with van der Waals surface area (Å²) in [5.41, 5.74) is 1.78. The molecule has 1 rings (SSSR count). The first-order chi connectivity index (χ1) is 5.36. The van der Waals surface area contributed by atoms with Gasteiger partial charge in [0, 0.05) is 0 Å². The van der Waals surface area contributed by atoms with Gasteiger partial charge < -0.3 is 0 Å². The Hall–Kier alpha value is -1.55. The van der Waals surface area contributed by atoms with Crippen molar-refractivity contribution in [1.82, 2.24) is 0 Å². The third-order valence-electron chi connectivity index (χ3n) is 1.37. The second-order valence-electron chi connectivity index (χ2n) is 2.24. The van der Waals surface area contributed by atoms with Gasteiger partial charge in [0.05, 0.1) is 11.6 Å². The van der Waals surface area contributed by atoms with Gasteiger partial charge in [-0.2, -0.15) is 5.26 Å². The summed E-state index contributed by atoms with van der Waals surface area (Å²) in [4.78, 5) is 0. The Kier molecular flexibility index (Phi) is 2.46. The van der Waals surface area contributed by atoms with E-state index in [1.165, 1.54) is 0 Å². The molecule has 0 radical (unpaired) electrons. The maximum Gasteiger partial charge on any atom is 0.0991 e. The van der Waals surface area contributed by atoms with E-state index in [0.29, 0.717) is 5.56 Å². The second kappa shape index (κ2) is 3.58. The van der Waals surface area contributed by atoms with Crippen LogP contribution in [0.15, 0.2) is 30.3 Å². The van der Waals surface area contributed by atoms with Crippen LogP contribution in [-0.2, 0) is 0 Å². The zero-order valence-electron chi connectivity index (χ0n) is 6.41. The first-order valence-corrected chi connectivity index (χ1v) is 3.49. The number of hydrogen-bond donors (Lipinski definition) is 0. The number of nitriles is 1. The van der Waals surface area contributed by atoms with E-state index < -0.39 is 0 Å². The zero-order chi connectivity index (χ0) is 8.10. The second-order valence-corrected chi connectivity index (χ2v) is 2.24. The minimum absolute atomic E-state index is 0.709. The van der Waals surface area contributed by atoms with E-state index in [1.807, 2.05) is 37.3 Å². The molecule has 1 aromatic rings. The van der Waals surface area contributed by atoms with Gasteiger partial charge in [-0.05, 0) is 24.6 Å². The van der Waals surface area contributed by atoms with Crippen LogP contribution >= 0.6 is 0 Å². The smallest absolute Gasteiger partial charge is 0.0991 e. The number of nitrogens with zero attached hydrogens (tertiary/aromatic N) is 1. The van der Waals surface area contributed by atoms with Crippen LogP contribution in [0.1, 0.15) is 18.1 Å². The molecule has 1 aromatic carbocycles. The topological polar surface area (TPSA) is 23.8 Å². The standard InChI is InChI=1S/C10H9N/c1-2-4-9-5-3-6-10(7-9)8-11/h2-7H,1H3/b4-2+. The summed E-state index contributed by atoms with van der Waals surface area (Å²) < 4.78 is 0. The van der Waals surface area contributed by atoms with Crippen molar-refractivity contribution in [3.05, 3.63) is 41.5 Å². The molecule has 0 amide bonds. The minimum atomic E-state index is 0.709. The zero-order valence-corrected chi connectivity index (χ0v) is 6.41. The monoisotopic (exact) mass is 143 g/mol. The fourth-order valence-electron chi connectivity index (χ4n) is 0.904. The number of benzene rings is 1. The van der Waals surface area contributed by atoms with E-state index in [-0.39, 0.29) is 0 Å². The van der Waals surface area contributed by atoms with Crippen molar-refractivity contribution in [2.24, 2.45) is 0 Å². The number of allylic oxidation sites excluding steroid dienone is 1. The Labute approximate surface area is 66.6 Å². The van der Waals surface area contributed by atoms with Gasteiger partial charge in [-0.25, -0.2) is 0 Å². The molecule has 0 atom stereocenters. The molecular weight excluding hydrogens is 134 g/mol. The molecule has 0 N–H and O–H groups in total. The van der Waals surface area contributed by atoms with Gasteiger partial charge in [0.2, 0.25) is 0 Å². The van der Waals surface area contributed by atoms with Crippen LogP contribution in [0.25, 0.3) is 6.08 Å². The molecule has 0 fully saturated rings. The van der Waals surface area contributed by atoms with Gasteiger partial charge in [0.15, 0.2) is 0 Å². The summed E-state index contributed by atoms with van der Waals surface area (Å²) >= 11 is 0. The molecular formula is C10H9N. The Bertz CT molecular complexity index is 305. The highest BCUT2D eigenvalue weighted by Crippen LogP contribution is 2.05. The predicted octanol–water partition coefficient (Wildman–Crippen LogP) is 2.59. The van der Waals surface area contributed by atoms with Crippen molar-refractivity contribution >= 4 is 6.08 Å². The quantitative estimate of drug-likeness (QED) is 0.592. The maximum atomic E-state index is 8.56. The Morgan fingerprint density at radius 1 is 1.45 bits per heavy atom. The number of hydrogen-bond acceptors (Lipinski definition) is 1.